The highest BCUT2D eigenvalue weighted by molar-refractivity contribution is 5.57. The van der Waals surface area contributed by atoms with Crippen LogP contribution in [0.2, 0.25) is 0 Å². The summed E-state index contributed by atoms with van der Waals surface area (Å²) < 4.78 is 13.8. The molecule has 82 valence electrons. The van der Waals surface area contributed by atoms with Gasteiger partial charge in [-0.1, -0.05) is 12.1 Å². The average Bonchev–Trinajstić information content (AvgIpc) is 2.99. The third kappa shape index (κ3) is 1.97. The first-order valence-corrected chi connectivity index (χ1v) is 5.38. The Labute approximate surface area is 89.9 Å². The number of hydrogen-bond acceptors (Lipinski definition) is 2. The highest BCUT2D eigenvalue weighted by atomic mass is 19.1. The van der Waals surface area contributed by atoms with Gasteiger partial charge in [0.2, 0.25) is 0 Å². The summed E-state index contributed by atoms with van der Waals surface area (Å²) in [5.74, 6) is -0.167. The van der Waals surface area contributed by atoms with Gasteiger partial charge in [0.05, 0.1) is 5.69 Å². The number of nitrogens with zero attached hydrogens (tertiary/aromatic N) is 1. The van der Waals surface area contributed by atoms with Crippen molar-refractivity contribution in [1.82, 2.24) is 0 Å². The number of halogens is 1. The van der Waals surface area contributed by atoms with Crippen molar-refractivity contribution in [2.24, 2.45) is 5.73 Å². The van der Waals surface area contributed by atoms with Crippen LogP contribution in [0.3, 0.4) is 0 Å². The largest absolute Gasteiger partial charge is 0.369 e. The van der Waals surface area contributed by atoms with Crippen molar-refractivity contribution in [1.29, 1.82) is 0 Å². The first kappa shape index (κ1) is 10.4. The molecule has 0 radical (unpaired) electrons. The van der Waals surface area contributed by atoms with E-state index in [-0.39, 0.29) is 11.9 Å². The van der Waals surface area contributed by atoms with Crippen molar-refractivity contribution in [3.63, 3.8) is 0 Å². The molecule has 0 heterocycles. The minimum Gasteiger partial charge on any atom is -0.369 e. The fourth-order valence-electron chi connectivity index (χ4n) is 1.92. The number of para-hydroxylation sites is 1. The molecule has 2 rings (SSSR count). The average molecular weight is 208 g/mol. The first-order chi connectivity index (χ1) is 7.11. The van der Waals surface area contributed by atoms with Gasteiger partial charge in [0.1, 0.15) is 5.82 Å². The van der Waals surface area contributed by atoms with E-state index in [9.17, 15) is 4.39 Å². The van der Waals surface area contributed by atoms with E-state index < -0.39 is 0 Å². The van der Waals surface area contributed by atoms with Crippen molar-refractivity contribution in [3.8, 4) is 0 Å². The van der Waals surface area contributed by atoms with E-state index in [1.807, 2.05) is 24.9 Å². The van der Waals surface area contributed by atoms with Crippen LogP contribution in [0.15, 0.2) is 18.2 Å². The van der Waals surface area contributed by atoms with Crippen LogP contribution in [0, 0.1) is 5.82 Å². The Kier molecular flexibility index (Phi) is 2.65. The molecule has 3 heteroatoms. The fraction of sp³-hybridized carbons (Fsp3) is 0.500. The highest BCUT2D eigenvalue weighted by Crippen LogP contribution is 2.35. The molecule has 0 spiro atoms. The fourth-order valence-corrected chi connectivity index (χ4v) is 1.92. The molecule has 0 saturated heterocycles. The van der Waals surface area contributed by atoms with Gasteiger partial charge in [-0.25, -0.2) is 4.39 Å². The predicted octanol–water partition coefficient (Wildman–Crippen LogP) is 2.44. The molecule has 1 atom stereocenters. The second-order valence-corrected chi connectivity index (χ2v) is 4.31. The number of hydrogen-bond donors (Lipinski definition) is 1. The minimum absolute atomic E-state index is 0.128. The van der Waals surface area contributed by atoms with Crippen LogP contribution in [0.25, 0.3) is 0 Å². The third-order valence-electron chi connectivity index (χ3n) is 2.96. The lowest BCUT2D eigenvalue weighted by Crippen LogP contribution is -2.24. The number of benzene rings is 1. The molecule has 0 aliphatic heterocycles. The number of rotatable bonds is 3. The highest BCUT2D eigenvalue weighted by Gasteiger charge is 2.29. The van der Waals surface area contributed by atoms with Crippen molar-refractivity contribution < 1.29 is 4.39 Å². The van der Waals surface area contributed by atoms with E-state index in [0.29, 0.717) is 11.7 Å². The Balaban J connectivity index is 2.41. The molecule has 1 aromatic rings. The minimum atomic E-state index is -0.167. The van der Waals surface area contributed by atoms with Gasteiger partial charge in [-0.3, -0.25) is 0 Å². The predicted molar refractivity (Wildman–Crippen MR) is 60.4 cm³/mol. The maximum absolute atomic E-state index is 13.8. The van der Waals surface area contributed by atoms with Gasteiger partial charge in [-0.05, 0) is 31.4 Å². The molecule has 2 nitrogen and oxygen atoms in total. The molecule has 0 aromatic heterocycles. The van der Waals surface area contributed by atoms with Crippen LogP contribution >= 0.6 is 0 Å². The van der Waals surface area contributed by atoms with Gasteiger partial charge in [0.15, 0.2) is 0 Å². The number of nitrogens with two attached hydrogens (primary N) is 1. The van der Waals surface area contributed by atoms with Crippen LogP contribution in [-0.4, -0.2) is 13.1 Å². The summed E-state index contributed by atoms with van der Waals surface area (Å²) in [5, 5.41) is 0. The van der Waals surface area contributed by atoms with Gasteiger partial charge in [0, 0.05) is 19.1 Å². The van der Waals surface area contributed by atoms with Gasteiger partial charge in [0.25, 0.3) is 0 Å². The third-order valence-corrected chi connectivity index (χ3v) is 2.96. The lowest BCUT2D eigenvalue weighted by atomic mass is 10.1. The van der Waals surface area contributed by atoms with Crippen LogP contribution in [0.1, 0.15) is 31.4 Å². The van der Waals surface area contributed by atoms with Crippen molar-refractivity contribution in [3.05, 3.63) is 29.6 Å². The molecule has 0 amide bonds. The van der Waals surface area contributed by atoms with Crippen molar-refractivity contribution in [2.75, 3.05) is 11.9 Å². The molecular formula is C12H17FN2. The Morgan fingerprint density at radius 1 is 1.47 bits per heavy atom. The van der Waals surface area contributed by atoms with Gasteiger partial charge in [-0.15, -0.1) is 0 Å². The molecule has 1 aromatic carbocycles. The van der Waals surface area contributed by atoms with Crippen molar-refractivity contribution in [2.45, 2.75) is 31.8 Å². The zero-order chi connectivity index (χ0) is 11.0. The lowest BCUT2D eigenvalue weighted by molar-refractivity contribution is 0.615. The topological polar surface area (TPSA) is 29.3 Å². The molecule has 2 N–H and O–H groups in total. The summed E-state index contributed by atoms with van der Waals surface area (Å²) in [4.78, 5) is 2.02. The van der Waals surface area contributed by atoms with Crippen LogP contribution < -0.4 is 10.6 Å². The summed E-state index contributed by atoms with van der Waals surface area (Å²) in [7, 11) is 1.95. The van der Waals surface area contributed by atoms with Crippen LogP contribution in [-0.2, 0) is 0 Å². The summed E-state index contributed by atoms with van der Waals surface area (Å²) in [5.41, 5.74) is 7.42. The molecule has 15 heavy (non-hydrogen) atoms. The summed E-state index contributed by atoms with van der Waals surface area (Å²) in [6, 6.07) is 5.50. The summed E-state index contributed by atoms with van der Waals surface area (Å²) in [6.07, 6.45) is 2.31. The first-order valence-electron chi connectivity index (χ1n) is 5.38. The van der Waals surface area contributed by atoms with E-state index in [4.69, 9.17) is 5.73 Å². The van der Waals surface area contributed by atoms with Gasteiger partial charge < -0.3 is 10.6 Å². The van der Waals surface area contributed by atoms with Gasteiger partial charge in [-0.2, -0.15) is 0 Å². The maximum Gasteiger partial charge on any atom is 0.146 e. The molecule has 0 unspecified atom stereocenters. The quantitative estimate of drug-likeness (QED) is 0.826. The standard InChI is InChI=1S/C12H17FN2/c1-8(14)10-4-3-5-11(13)12(10)15(2)9-6-7-9/h3-5,8-9H,6-7,14H2,1-2H3/t8-/m0/s1. The Morgan fingerprint density at radius 2 is 2.13 bits per heavy atom. The van der Waals surface area contributed by atoms with Crippen LogP contribution in [0.4, 0.5) is 10.1 Å². The normalized spacial score (nSPS) is 17.6. The van der Waals surface area contributed by atoms with E-state index >= 15 is 0 Å². The smallest absolute Gasteiger partial charge is 0.146 e. The monoisotopic (exact) mass is 208 g/mol. The number of anilines is 1. The molecule has 1 aliphatic carbocycles. The molecule has 1 saturated carbocycles. The zero-order valence-corrected chi connectivity index (χ0v) is 9.20. The second kappa shape index (κ2) is 3.81. The second-order valence-electron chi connectivity index (χ2n) is 4.31. The van der Waals surface area contributed by atoms with E-state index in [1.165, 1.54) is 6.07 Å². The lowest BCUT2D eigenvalue weighted by Gasteiger charge is -2.24. The summed E-state index contributed by atoms with van der Waals surface area (Å²) in [6.45, 7) is 1.89. The van der Waals surface area contributed by atoms with Crippen molar-refractivity contribution >= 4 is 5.69 Å². The van der Waals surface area contributed by atoms with Crippen LogP contribution in [0.5, 0.6) is 0 Å². The Morgan fingerprint density at radius 3 is 2.67 bits per heavy atom. The van der Waals surface area contributed by atoms with E-state index in [2.05, 4.69) is 0 Å². The van der Waals surface area contributed by atoms with E-state index in [1.54, 1.807) is 6.07 Å². The molecule has 1 aliphatic rings. The summed E-state index contributed by atoms with van der Waals surface area (Å²) >= 11 is 0. The molecule has 0 bridgehead atoms. The Hall–Kier alpha value is -1.09. The van der Waals surface area contributed by atoms with E-state index in [0.717, 1.165) is 18.4 Å². The van der Waals surface area contributed by atoms with Gasteiger partial charge >= 0.3 is 0 Å². The SMILES string of the molecule is C[C@H](N)c1cccc(F)c1N(C)C1CC1. The Bertz CT molecular complexity index is 359. The molecular weight excluding hydrogens is 191 g/mol. The zero-order valence-electron chi connectivity index (χ0n) is 9.20. The maximum atomic E-state index is 13.8. The molecule has 1 fully saturated rings.